The van der Waals surface area contributed by atoms with E-state index in [0.29, 0.717) is 23.7 Å². The van der Waals surface area contributed by atoms with E-state index in [9.17, 15) is 9.59 Å². The molecule has 3 rings (SSSR count). The zero-order valence-electron chi connectivity index (χ0n) is 16.5. The van der Waals surface area contributed by atoms with Crippen molar-refractivity contribution >= 4 is 34.8 Å². The molecule has 152 valence electrons. The van der Waals surface area contributed by atoms with E-state index < -0.39 is 5.97 Å². The number of imidazole rings is 1. The van der Waals surface area contributed by atoms with Gasteiger partial charge in [0, 0.05) is 13.1 Å². The van der Waals surface area contributed by atoms with E-state index in [1.807, 2.05) is 0 Å². The average Bonchev–Trinajstić information content (AvgIpc) is 3.11. The predicted octanol–water partition coefficient (Wildman–Crippen LogP) is 1.75. The van der Waals surface area contributed by atoms with Gasteiger partial charge >= 0.3 is 5.97 Å². The first-order valence-corrected chi connectivity index (χ1v) is 10.3. The Labute approximate surface area is 172 Å². The normalized spacial score (nSPS) is 13.6. The lowest BCUT2D eigenvalue weighted by Crippen LogP contribution is -2.32. The van der Waals surface area contributed by atoms with Crippen LogP contribution in [0.2, 0.25) is 0 Å². The maximum Gasteiger partial charge on any atom is 0.316 e. The van der Waals surface area contributed by atoms with Crippen LogP contribution in [0, 0.1) is 18.4 Å². The van der Waals surface area contributed by atoms with Gasteiger partial charge in [-0.1, -0.05) is 17.7 Å². The fourth-order valence-electron chi connectivity index (χ4n) is 3.21. The van der Waals surface area contributed by atoms with Crippen LogP contribution in [0.3, 0.4) is 0 Å². The molecule has 0 aliphatic carbocycles. The minimum Gasteiger partial charge on any atom is -0.468 e. The molecule has 9 nitrogen and oxygen atoms in total. The second-order valence-corrected chi connectivity index (χ2v) is 7.38. The second kappa shape index (κ2) is 9.48. The Morgan fingerprint density at radius 2 is 2.03 bits per heavy atom. The van der Waals surface area contributed by atoms with E-state index in [4.69, 9.17) is 6.57 Å². The highest BCUT2D eigenvalue weighted by Gasteiger charge is 2.24. The Morgan fingerprint density at radius 3 is 2.69 bits per heavy atom. The van der Waals surface area contributed by atoms with Gasteiger partial charge in [-0.15, -0.1) is 5.92 Å². The third-order valence-electron chi connectivity index (χ3n) is 4.62. The molecule has 0 spiro atoms. The van der Waals surface area contributed by atoms with Gasteiger partial charge in [-0.2, -0.15) is 4.98 Å². The van der Waals surface area contributed by atoms with Crippen LogP contribution in [0.25, 0.3) is 16.0 Å². The van der Waals surface area contributed by atoms with Crippen LogP contribution in [-0.2, 0) is 22.7 Å². The number of hydrogen-bond acceptors (Lipinski definition) is 7. The maximum atomic E-state index is 13.3. The van der Waals surface area contributed by atoms with Crippen LogP contribution < -0.4 is 10.5 Å². The van der Waals surface area contributed by atoms with Gasteiger partial charge in [0.25, 0.3) is 12.2 Å². The lowest BCUT2D eigenvalue weighted by molar-refractivity contribution is -0.137. The number of thioether (sulfide) groups is 1. The molecule has 0 bridgehead atoms. The van der Waals surface area contributed by atoms with Crippen molar-refractivity contribution in [1.29, 1.82) is 0 Å². The van der Waals surface area contributed by atoms with Crippen molar-refractivity contribution in [3.05, 3.63) is 21.8 Å². The highest BCUT2D eigenvalue weighted by atomic mass is 32.2. The summed E-state index contributed by atoms with van der Waals surface area (Å²) in [6, 6.07) is 0. The number of fused-ring (bicyclic) bond motifs is 1. The maximum absolute atomic E-state index is 13.3. The summed E-state index contributed by atoms with van der Waals surface area (Å²) in [4.78, 5) is 39.4. The topological polar surface area (TPSA) is 86.6 Å². The Kier molecular flexibility index (Phi) is 6.78. The quantitative estimate of drug-likeness (QED) is 0.234. The first-order valence-electron chi connectivity index (χ1n) is 9.29. The fraction of sp³-hybridized carbons (Fsp3) is 0.526. The summed E-state index contributed by atoms with van der Waals surface area (Å²) < 4.78 is 7.73. The molecule has 1 aliphatic rings. The number of carbonyl (C=O) groups excluding carboxylic acids is 1. The number of rotatable bonds is 6. The number of aromatic nitrogens is 4. The standard InChI is InChI=1S/C19H22N6O3S/c1-4-5-11-24-15-16(21-18(24)23-9-7-6-8-10-23)22-19(29-12-14(26)28-3)25(13-20-2)17(15)27/h6-13H2,1,3H3. The zero-order valence-corrected chi connectivity index (χ0v) is 17.3. The molecule has 0 amide bonds. The lowest BCUT2D eigenvalue weighted by atomic mass is 10.1. The minimum absolute atomic E-state index is 0.00650. The molecule has 29 heavy (non-hydrogen) atoms. The third-order valence-corrected chi connectivity index (χ3v) is 5.57. The van der Waals surface area contributed by atoms with Crippen molar-refractivity contribution in [3.63, 3.8) is 0 Å². The van der Waals surface area contributed by atoms with Crippen LogP contribution in [0.5, 0.6) is 0 Å². The van der Waals surface area contributed by atoms with E-state index in [2.05, 4.69) is 36.3 Å². The first-order chi connectivity index (χ1) is 14.1. The molecule has 2 aromatic rings. The Morgan fingerprint density at radius 1 is 1.28 bits per heavy atom. The predicted molar refractivity (Wildman–Crippen MR) is 111 cm³/mol. The summed E-state index contributed by atoms with van der Waals surface area (Å²) >= 11 is 1.06. The molecule has 1 saturated heterocycles. The monoisotopic (exact) mass is 414 g/mol. The van der Waals surface area contributed by atoms with Gasteiger partial charge in [0.15, 0.2) is 16.3 Å². The molecule has 2 aromatic heterocycles. The molecule has 0 unspecified atom stereocenters. The molecule has 0 aromatic carbocycles. The molecule has 0 N–H and O–H groups in total. The molecular weight excluding hydrogens is 392 g/mol. The van der Waals surface area contributed by atoms with Gasteiger partial charge in [-0.3, -0.25) is 19.0 Å². The van der Waals surface area contributed by atoms with E-state index in [1.165, 1.54) is 18.1 Å². The molecule has 0 saturated carbocycles. The summed E-state index contributed by atoms with van der Waals surface area (Å²) in [5, 5.41) is 0.278. The summed E-state index contributed by atoms with van der Waals surface area (Å²) in [6.45, 7) is 10.8. The van der Waals surface area contributed by atoms with Crippen LogP contribution in [0.1, 0.15) is 26.2 Å². The number of hydrogen-bond donors (Lipinski definition) is 0. The summed E-state index contributed by atoms with van der Waals surface area (Å²) in [6.07, 6.45) is 3.31. The van der Waals surface area contributed by atoms with Gasteiger partial charge in [0.2, 0.25) is 5.95 Å². The van der Waals surface area contributed by atoms with Crippen LogP contribution in [-0.4, -0.2) is 51.0 Å². The van der Waals surface area contributed by atoms with E-state index in [-0.39, 0.29) is 23.1 Å². The van der Waals surface area contributed by atoms with Crippen LogP contribution in [0.15, 0.2) is 9.95 Å². The molecule has 1 aliphatic heterocycles. The number of methoxy groups -OCH3 is 1. The van der Waals surface area contributed by atoms with Crippen molar-refractivity contribution in [2.24, 2.45) is 0 Å². The van der Waals surface area contributed by atoms with Crippen molar-refractivity contribution < 1.29 is 9.53 Å². The van der Waals surface area contributed by atoms with Gasteiger partial charge in [0.05, 0.1) is 19.4 Å². The Bertz CT molecular complexity index is 1070. The number of ether oxygens (including phenoxy) is 1. The molecular formula is C19H22N6O3S. The van der Waals surface area contributed by atoms with Crippen molar-refractivity contribution in [1.82, 2.24) is 19.1 Å². The molecule has 1 fully saturated rings. The van der Waals surface area contributed by atoms with Gasteiger partial charge < -0.3 is 9.64 Å². The second-order valence-electron chi connectivity index (χ2n) is 6.44. The van der Waals surface area contributed by atoms with E-state index in [1.54, 1.807) is 11.5 Å². The van der Waals surface area contributed by atoms with Crippen molar-refractivity contribution in [2.45, 2.75) is 44.6 Å². The smallest absolute Gasteiger partial charge is 0.316 e. The summed E-state index contributed by atoms with van der Waals surface area (Å²) in [5.74, 6) is 6.10. The molecule has 3 heterocycles. The zero-order chi connectivity index (χ0) is 20.8. The van der Waals surface area contributed by atoms with Gasteiger partial charge in [-0.25, -0.2) is 16.1 Å². The number of carbonyl (C=O) groups is 1. The Balaban J connectivity index is 2.16. The molecule has 0 atom stereocenters. The summed E-state index contributed by atoms with van der Waals surface area (Å²) in [5.41, 5.74) is 0.286. The SMILES string of the molecule is [C-]#[N+]Cn1c(SCC(=O)OC)nc2nc(N3CCCCC3)n(CC#CC)c2c1=O. The van der Waals surface area contributed by atoms with Crippen molar-refractivity contribution in [2.75, 3.05) is 30.9 Å². The highest BCUT2D eigenvalue weighted by Crippen LogP contribution is 2.25. The first kappa shape index (κ1) is 20.7. The van der Waals surface area contributed by atoms with Gasteiger partial charge in [-0.05, 0) is 26.2 Å². The number of nitrogens with zero attached hydrogens (tertiary/aromatic N) is 6. The molecule has 10 heteroatoms. The van der Waals surface area contributed by atoms with Crippen LogP contribution >= 0.6 is 11.8 Å². The summed E-state index contributed by atoms with van der Waals surface area (Å²) in [7, 11) is 1.30. The highest BCUT2D eigenvalue weighted by molar-refractivity contribution is 7.99. The Hall–Kier alpha value is -2.98. The number of esters is 1. The fourth-order valence-corrected chi connectivity index (χ4v) is 4.03. The lowest BCUT2D eigenvalue weighted by Gasteiger charge is -2.27. The average molecular weight is 414 g/mol. The van der Waals surface area contributed by atoms with E-state index in [0.717, 1.165) is 37.7 Å². The van der Waals surface area contributed by atoms with Crippen LogP contribution in [0.4, 0.5) is 5.95 Å². The molecule has 0 radical (unpaired) electrons. The van der Waals surface area contributed by atoms with Gasteiger partial charge in [0.1, 0.15) is 0 Å². The third kappa shape index (κ3) is 4.38. The van der Waals surface area contributed by atoms with E-state index >= 15 is 0 Å². The minimum atomic E-state index is -0.434. The largest absolute Gasteiger partial charge is 0.468 e. The van der Waals surface area contributed by atoms with Crippen molar-refractivity contribution in [3.8, 4) is 11.8 Å². The number of anilines is 1. The number of piperidine rings is 1.